The first-order valence-corrected chi connectivity index (χ1v) is 17.2. The Kier molecular flexibility index (Phi) is 6.15. The lowest BCUT2D eigenvalue weighted by Gasteiger charge is -2.14. The zero-order valence-corrected chi connectivity index (χ0v) is 27.6. The van der Waals surface area contributed by atoms with Crippen molar-refractivity contribution in [3.63, 3.8) is 0 Å². The molecule has 242 valence electrons. The number of benzene rings is 7. The Labute approximate surface area is 296 Å². The van der Waals surface area contributed by atoms with E-state index in [9.17, 15) is 0 Å². The molecule has 0 saturated heterocycles. The molecule has 0 aliphatic rings. The molecule has 4 aromatic heterocycles. The van der Waals surface area contributed by atoms with Crippen LogP contribution in [0.5, 0.6) is 0 Å². The van der Waals surface area contributed by atoms with E-state index in [1.165, 1.54) is 0 Å². The topological polar surface area (TPSA) is 77.8 Å². The summed E-state index contributed by atoms with van der Waals surface area (Å²) in [5.41, 5.74) is 7.97. The van der Waals surface area contributed by atoms with Crippen molar-refractivity contribution in [3.05, 3.63) is 158 Å². The van der Waals surface area contributed by atoms with Crippen molar-refractivity contribution in [2.75, 3.05) is 0 Å². The highest BCUT2D eigenvalue weighted by atomic mass is 16.3. The molecule has 0 saturated carbocycles. The van der Waals surface area contributed by atoms with Crippen LogP contribution in [0.4, 0.5) is 0 Å². The quantitative estimate of drug-likeness (QED) is 0.186. The third-order valence-electron chi connectivity index (χ3n) is 10.0. The highest BCUT2D eigenvalue weighted by Crippen LogP contribution is 2.42. The summed E-state index contributed by atoms with van der Waals surface area (Å²) in [6, 6.07) is 51.9. The van der Waals surface area contributed by atoms with Gasteiger partial charge in [-0.3, -0.25) is 0 Å². The molecule has 52 heavy (non-hydrogen) atoms. The molecule has 6 nitrogen and oxygen atoms in total. The minimum absolute atomic E-state index is 0.563. The lowest BCUT2D eigenvalue weighted by molar-refractivity contribution is 0.654. The third kappa shape index (κ3) is 4.38. The molecule has 0 aliphatic heterocycles. The predicted octanol–water partition coefficient (Wildman–Crippen LogP) is 12.0. The first kappa shape index (κ1) is 28.6. The molecule has 0 radical (unpaired) electrons. The molecular weight excluding hydrogens is 641 g/mol. The molecule has 0 unspecified atom stereocenters. The summed E-state index contributed by atoms with van der Waals surface area (Å²) in [5.74, 6) is 1.75. The fraction of sp³-hybridized carbons (Fsp3) is 0. The van der Waals surface area contributed by atoms with Gasteiger partial charge in [0, 0.05) is 44.4 Å². The van der Waals surface area contributed by atoms with Crippen molar-refractivity contribution in [2.24, 2.45) is 0 Å². The zero-order valence-electron chi connectivity index (χ0n) is 27.6. The van der Waals surface area contributed by atoms with Crippen molar-refractivity contribution >= 4 is 65.6 Å². The van der Waals surface area contributed by atoms with Crippen molar-refractivity contribution in [1.82, 2.24) is 19.9 Å². The number of nitrogens with zero attached hydrogens (tertiary/aromatic N) is 4. The summed E-state index contributed by atoms with van der Waals surface area (Å²) in [6.07, 6.45) is 1.74. The number of rotatable bonds is 4. The van der Waals surface area contributed by atoms with Gasteiger partial charge in [-0.25, -0.2) is 19.9 Å². The Bertz CT molecular complexity index is 3210. The fourth-order valence-electron chi connectivity index (χ4n) is 7.65. The van der Waals surface area contributed by atoms with Crippen LogP contribution in [0.25, 0.3) is 111 Å². The van der Waals surface area contributed by atoms with Crippen LogP contribution in [0, 0.1) is 0 Å². The second-order valence-corrected chi connectivity index (χ2v) is 13.0. The van der Waals surface area contributed by atoms with Gasteiger partial charge in [0.1, 0.15) is 16.7 Å². The zero-order chi connectivity index (χ0) is 34.2. The van der Waals surface area contributed by atoms with Crippen LogP contribution >= 0.6 is 0 Å². The van der Waals surface area contributed by atoms with Crippen LogP contribution in [-0.4, -0.2) is 19.9 Å². The van der Waals surface area contributed by atoms with Gasteiger partial charge in [0.15, 0.2) is 17.5 Å². The van der Waals surface area contributed by atoms with Crippen LogP contribution in [0.1, 0.15) is 0 Å². The van der Waals surface area contributed by atoms with Crippen LogP contribution < -0.4 is 0 Å². The number of fused-ring (bicyclic) bond motifs is 8. The molecule has 0 fully saturated rings. The molecule has 0 aliphatic carbocycles. The lowest BCUT2D eigenvalue weighted by Crippen LogP contribution is -2.01. The van der Waals surface area contributed by atoms with E-state index >= 15 is 0 Å². The van der Waals surface area contributed by atoms with Crippen LogP contribution in [0.15, 0.2) is 167 Å². The summed E-state index contributed by atoms with van der Waals surface area (Å²) in [6.45, 7) is 0. The van der Waals surface area contributed by atoms with Gasteiger partial charge in [-0.15, -0.1) is 0 Å². The summed E-state index contributed by atoms with van der Waals surface area (Å²) in [4.78, 5) is 20.1. The molecule has 0 N–H and O–H groups in total. The van der Waals surface area contributed by atoms with Gasteiger partial charge in [0.2, 0.25) is 5.71 Å². The number of pyridine rings is 1. The Hall–Kier alpha value is -7.18. The van der Waals surface area contributed by atoms with Gasteiger partial charge in [0.05, 0.1) is 0 Å². The van der Waals surface area contributed by atoms with Gasteiger partial charge in [-0.1, -0.05) is 109 Å². The van der Waals surface area contributed by atoms with E-state index in [1.54, 1.807) is 6.20 Å². The number of hydrogen-bond donors (Lipinski definition) is 0. The van der Waals surface area contributed by atoms with Crippen molar-refractivity contribution in [3.8, 4) is 45.3 Å². The van der Waals surface area contributed by atoms with Crippen molar-refractivity contribution < 1.29 is 8.83 Å². The monoisotopic (exact) mass is 666 g/mol. The summed E-state index contributed by atoms with van der Waals surface area (Å²) < 4.78 is 12.4. The predicted molar refractivity (Wildman–Crippen MR) is 209 cm³/mol. The van der Waals surface area contributed by atoms with Crippen molar-refractivity contribution in [1.29, 1.82) is 0 Å². The molecule has 4 heterocycles. The molecule has 0 amide bonds. The second kappa shape index (κ2) is 11.2. The van der Waals surface area contributed by atoms with Gasteiger partial charge in [-0.05, 0) is 75.1 Å². The smallest absolute Gasteiger partial charge is 0.227 e. The minimum Gasteiger partial charge on any atom is -0.456 e. The Balaban J connectivity index is 1.17. The average Bonchev–Trinajstić information content (AvgIpc) is 3.79. The second-order valence-electron chi connectivity index (χ2n) is 13.0. The van der Waals surface area contributed by atoms with Crippen molar-refractivity contribution in [2.45, 2.75) is 0 Å². The number of aromatic nitrogens is 4. The largest absolute Gasteiger partial charge is 0.456 e. The minimum atomic E-state index is 0.563. The Morgan fingerprint density at radius 3 is 1.85 bits per heavy atom. The SMILES string of the molecule is c1ccc2cc(-c3nc(-c4ccc(-c5cccc6oc7ccccc7c56)c5ccccc45)nc(-c4cccc5oc6ncccc6c45)n3)ccc2c1. The van der Waals surface area contributed by atoms with Gasteiger partial charge >= 0.3 is 0 Å². The van der Waals surface area contributed by atoms with E-state index in [1.807, 2.05) is 48.5 Å². The number of para-hydroxylation sites is 1. The summed E-state index contributed by atoms with van der Waals surface area (Å²) >= 11 is 0. The van der Waals surface area contributed by atoms with Gasteiger partial charge in [0.25, 0.3) is 0 Å². The molecule has 11 aromatic rings. The Morgan fingerprint density at radius 2 is 0.981 bits per heavy atom. The highest BCUT2D eigenvalue weighted by Gasteiger charge is 2.21. The first-order valence-electron chi connectivity index (χ1n) is 17.2. The molecule has 0 atom stereocenters. The Morgan fingerprint density at radius 1 is 0.365 bits per heavy atom. The molecule has 7 aromatic carbocycles. The highest BCUT2D eigenvalue weighted by molar-refractivity contribution is 6.16. The lowest BCUT2D eigenvalue weighted by atomic mass is 9.92. The maximum absolute atomic E-state index is 6.27. The van der Waals surface area contributed by atoms with E-state index in [0.29, 0.717) is 23.2 Å². The van der Waals surface area contributed by atoms with E-state index in [-0.39, 0.29) is 0 Å². The first-order chi connectivity index (χ1) is 25.8. The van der Waals surface area contributed by atoms with E-state index < -0.39 is 0 Å². The van der Waals surface area contributed by atoms with Crippen LogP contribution in [0.2, 0.25) is 0 Å². The maximum Gasteiger partial charge on any atom is 0.227 e. The van der Waals surface area contributed by atoms with Gasteiger partial charge in [-0.2, -0.15) is 0 Å². The molecule has 0 bridgehead atoms. The molecule has 0 spiro atoms. The van der Waals surface area contributed by atoms with E-state index in [0.717, 1.165) is 87.7 Å². The average molecular weight is 667 g/mol. The normalized spacial score (nSPS) is 11.8. The summed E-state index contributed by atoms with van der Waals surface area (Å²) in [7, 11) is 0. The van der Waals surface area contributed by atoms with Crippen LogP contribution in [0.3, 0.4) is 0 Å². The van der Waals surface area contributed by atoms with E-state index in [2.05, 4.69) is 108 Å². The number of furan rings is 2. The maximum atomic E-state index is 6.27. The third-order valence-corrected chi connectivity index (χ3v) is 10.0. The summed E-state index contributed by atoms with van der Waals surface area (Å²) in [5, 5.41) is 8.46. The van der Waals surface area contributed by atoms with Gasteiger partial charge < -0.3 is 8.83 Å². The molecule has 6 heteroatoms. The fourth-order valence-corrected chi connectivity index (χ4v) is 7.65. The van der Waals surface area contributed by atoms with Crippen LogP contribution in [-0.2, 0) is 0 Å². The molecule has 11 rings (SSSR count). The van der Waals surface area contributed by atoms with E-state index in [4.69, 9.17) is 23.8 Å². The molecular formula is C46H26N4O2. The standard InChI is InChI=1S/C46H26N4O2/c1-2-11-28-26-29(22-21-27(28)10-1)43-48-44(50-45(49-43)36-16-8-20-40-42(36)37-17-9-25-47-46(37)52-40)34-24-23-32(30-12-3-4-13-31(30)34)33-15-7-19-39-41(33)35-14-5-6-18-38(35)51-39/h1-26H. The number of hydrogen-bond acceptors (Lipinski definition) is 6.